The smallest absolute Gasteiger partial charge is 0.317 e. The van der Waals surface area contributed by atoms with Crippen molar-refractivity contribution >= 4 is 16.9 Å². The third kappa shape index (κ3) is 3.09. The van der Waals surface area contributed by atoms with E-state index in [1.807, 2.05) is 0 Å². The van der Waals surface area contributed by atoms with E-state index < -0.39 is 11.1 Å². The predicted molar refractivity (Wildman–Crippen MR) is 83.0 cm³/mol. The second-order valence-electron chi connectivity index (χ2n) is 4.77. The number of fused-ring (bicyclic) bond motifs is 1. The lowest BCUT2D eigenvalue weighted by Crippen LogP contribution is -2.44. The maximum atomic E-state index is 12.3. The molecule has 2 aromatic rings. The fourth-order valence-electron chi connectivity index (χ4n) is 2.33. The fourth-order valence-corrected chi connectivity index (χ4v) is 2.33. The molecule has 118 valence electrons. The molecule has 1 amide bonds. The average molecular weight is 305 g/mol. The maximum absolute atomic E-state index is 12.3. The number of nitrogens with zero attached hydrogens (tertiary/aromatic N) is 2. The maximum Gasteiger partial charge on any atom is 0.317 e. The van der Waals surface area contributed by atoms with E-state index in [1.165, 1.54) is 16.2 Å². The molecule has 0 aliphatic carbocycles. The van der Waals surface area contributed by atoms with Gasteiger partial charge in [0.25, 0.3) is 0 Å². The summed E-state index contributed by atoms with van der Waals surface area (Å²) < 4.78 is 7.48. The molecule has 0 saturated carbocycles. The van der Waals surface area contributed by atoms with Gasteiger partial charge in [-0.2, -0.15) is 0 Å². The van der Waals surface area contributed by atoms with Crippen molar-refractivity contribution in [3.05, 3.63) is 45.0 Å². The summed E-state index contributed by atoms with van der Waals surface area (Å²) in [5, 5.41) is 2.64. The van der Waals surface area contributed by atoms with E-state index >= 15 is 0 Å². The second kappa shape index (κ2) is 7.04. The molecule has 0 saturated heterocycles. The summed E-state index contributed by atoms with van der Waals surface area (Å²) in [5.41, 5.74) is -0.108. The summed E-state index contributed by atoms with van der Waals surface area (Å²) in [7, 11) is 1.54. The van der Waals surface area contributed by atoms with Crippen LogP contribution in [0.25, 0.3) is 11.0 Å². The van der Waals surface area contributed by atoms with Crippen molar-refractivity contribution in [3.63, 3.8) is 0 Å². The molecule has 1 N–H and O–H groups in total. The molecular formula is C15H19N3O4. The minimum atomic E-state index is -0.692. The molecule has 2 rings (SSSR count). The van der Waals surface area contributed by atoms with E-state index in [9.17, 15) is 14.4 Å². The third-order valence-electron chi connectivity index (χ3n) is 3.38. The summed E-state index contributed by atoms with van der Waals surface area (Å²) in [5.74, 6) is -0.335. The Morgan fingerprint density at radius 1 is 1.14 bits per heavy atom. The van der Waals surface area contributed by atoms with Gasteiger partial charge < -0.3 is 14.6 Å². The van der Waals surface area contributed by atoms with Gasteiger partial charge in [-0.15, -0.1) is 0 Å². The highest BCUT2D eigenvalue weighted by Crippen LogP contribution is 2.10. The average Bonchev–Trinajstić information content (AvgIpc) is 2.52. The first-order valence-corrected chi connectivity index (χ1v) is 7.08. The number of rotatable bonds is 6. The number of ether oxygens (including phenoxy) is 1. The topological polar surface area (TPSA) is 82.3 Å². The lowest BCUT2D eigenvalue weighted by atomic mass is 10.2. The highest BCUT2D eigenvalue weighted by Gasteiger charge is 2.14. The fraction of sp³-hybridized carbons (Fsp3) is 0.400. The largest absolute Gasteiger partial charge is 0.383 e. The van der Waals surface area contributed by atoms with E-state index in [0.29, 0.717) is 30.7 Å². The lowest BCUT2D eigenvalue weighted by Gasteiger charge is -2.13. The van der Waals surface area contributed by atoms with Gasteiger partial charge in [-0.1, -0.05) is 12.1 Å². The number of amides is 1. The van der Waals surface area contributed by atoms with Crippen LogP contribution in [0.1, 0.15) is 6.92 Å². The molecule has 7 nitrogen and oxygen atoms in total. The molecule has 1 heterocycles. The minimum absolute atomic E-state index is 0.192. The van der Waals surface area contributed by atoms with Crippen molar-refractivity contribution in [2.75, 3.05) is 20.3 Å². The Hall–Kier alpha value is -2.41. The van der Waals surface area contributed by atoms with E-state index in [1.54, 1.807) is 31.2 Å². The van der Waals surface area contributed by atoms with Gasteiger partial charge in [0.1, 0.15) is 6.54 Å². The summed E-state index contributed by atoms with van der Waals surface area (Å²) >= 11 is 0. The molecule has 0 spiro atoms. The van der Waals surface area contributed by atoms with Crippen LogP contribution in [0.3, 0.4) is 0 Å². The zero-order valence-corrected chi connectivity index (χ0v) is 12.7. The van der Waals surface area contributed by atoms with Gasteiger partial charge in [0.05, 0.1) is 17.6 Å². The van der Waals surface area contributed by atoms with Crippen molar-refractivity contribution in [2.45, 2.75) is 20.0 Å². The zero-order valence-electron chi connectivity index (χ0n) is 12.7. The Kier molecular flexibility index (Phi) is 5.11. The number of hydrogen-bond acceptors (Lipinski definition) is 4. The summed E-state index contributed by atoms with van der Waals surface area (Å²) in [4.78, 5) is 36.3. The van der Waals surface area contributed by atoms with Gasteiger partial charge in [-0.3, -0.25) is 19.0 Å². The van der Waals surface area contributed by atoms with Crippen LogP contribution in [0.4, 0.5) is 0 Å². The number of para-hydroxylation sites is 2. The van der Waals surface area contributed by atoms with E-state index in [4.69, 9.17) is 4.74 Å². The van der Waals surface area contributed by atoms with Gasteiger partial charge in [0, 0.05) is 20.2 Å². The summed E-state index contributed by atoms with van der Waals surface area (Å²) in [6.45, 7) is 2.75. The molecular weight excluding hydrogens is 286 g/mol. The SMILES string of the molecule is CCn1c(=O)c(=O)n(CC(=O)NCCOC)c2ccccc21. The number of carbonyl (C=O) groups excluding carboxylic acids is 1. The van der Waals surface area contributed by atoms with E-state index in [-0.39, 0.29) is 12.5 Å². The molecule has 0 atom stereocenters. The monoisotopic (exact) mass is 305 g/mol. The Bertz CT molecular complexity index is 791. The zero-order chi connectivity index (χ0) is 16.1. The van der Waals surface area contributed by atoms with Crippen molar-refractivity contribution < 1.29 is 9.53 Å². The van der Waals surface area contributed by atoms with Gasteiger partial charge in [0.15, 0.2) is 0 Å². The van der Waals surface area contributed by atoms with Crippen LogP contribution >= 0.6 is 0 Å². The van der Waals surface area contributed by atoms with Crippen molar-refractivity contribution in [1.82, 2.24) is 14.5 Å². The van der Waals surface area contributed by atoms with Gasteiger partial charge >= 0.3 is 11.1 Å². The molecule has 22 heavy (non-hydrogen) atoms. The first kappa shape index (κ1) is 16.0. The van der Waals surface area contributed by atoms with Crippen LogP contribution in [0.15, 0.2) is 33.9 Å². The van der Waals surface area contributed by atoms with Crippen LogP contribution in [-0.4, -0.2) is 35.3 Å². The highest BCUT2D eigenvalue weighted by molar-refractivity contribution is 5.80. The molecule has 1 aromatic heterocycles. The molecule has 1 aromatic carbocycles. The number of benzene rings is 1. The number of aryl methyl sites for hydroxylation is 1. The second-order valence-corrected chi connectivity index (χ2v) is 4.77. The Morgan fingerprint density at radius 3 is 2.32 bits per heavy atom. The van der Waals surface area contributed by atoms with E-state index in [2.05, 4.69) is 5.32 Å². The number of methoxy groups -OCH3 is 1. The molecule has 0 bridgehead atoms. The van der Waals surface area contributed by atoms with Crippen molar-refractivity contribution in [3.8, 4) is 0 Å². The molecule has 0 aliphatic rings. The summed E-state index contributed by atoms with van der Waals surface area (Å²) in [6.07, 6.45) is 0. The van der Waals surface area contributed by atoms with Gasteiger partial charge in [-0.05, 0) is 19.1 Å². The van der Waals surface area contributed by atoms with Crippen LogP contribution in [0, 0.1) is 0 Å². The number of hydrogen-bond donors (Lipinski definition) is 1. The molecule has 0 unspecified atom stereocenters. The summed E-state index contributed by atoms with van der Waals surface area (Å²) in [6, 6.07) is 7.05. The van der Waals surface area contributed by atoms with Gasteiger partial charge in [-0.25, -0.2) is 0 Å². The Morgan fingerprint density at radius 2 is 1.73 bits per heavy atom. The molecule has 0 aliphatic heterocycles. The molecule has 0 radical (unpaired) electrons. The van der Waals surface area contributed by atoms with Crippen LogP contribution in [-0.2, 0) is 22.6 Å². The third-order valence-corrected chi connectivity index (χ3v) is 3.38. The number of carbonyl (C=O) groups is 1. The van der Waals surface area contributed by atoms with E-state index in [0.717, 1.165) is 0 Å². The predicted octanol–water partition coefficient (Wildman–Crippen LogP) is -0.0543. The van der Waals surface area contributed by atoms with Crippen LogP contribution in [0.2, 0.25) is 0 Å². The number of nitrogens with one attached hydrogen (secondary N) is 1. The normalized spacial score (nSPS) is 10.8. The standard InChI is InChI=1S/C15H19N3O4/c1-3-17-11-6-4-5-7-12(11)18(15(21)14(17)20)10-13(19)16-8-9-22-2/h4-7H,3,8-10H2,1-2H3,(H,16,19). The van der Waals surface area contributed by atoms with Gasteiger partial charge in [0.2, 0.25) is 5.91 Å². The minimum Gasteiger partial charge on any atom is -0.383 e. The lowest BCUT2D eigenvalue weighted by molar-refractivity contribution is -0.121. The van der Waals surface area contributed by atoms with Crippen LogP contribution < -0.4 is 16.4 Å². The highest BCUT2D eigenvalue weighted by atomic mass is 16.5. The Labute approximate surface area is 127 Å². The van der Waals surface area contributed by atoms with Crippen LogP contribution in [0.5, 0.6) is 0 Å². The quantitative estimate of drug-likeness (QED) is 0.599. The first-order valence-electron chi connectivity index (χ1n) is 7.08. The van der Waals surface area contributed by atoms with Crippen molar-refractivity contribution in [1.29, 1.82) is 0 Å². The molecule has 0 fully saturated rings. The Balaban J connectivity index is 2.46. The molecule has 7 heteroatoms. The van der Waals surface area contributed by atoms with Crippen molar-refractivity contribution in [2.24, 2.45) is 0 Å². The number of aromatic nitrogens is 2. The first-order chi connectivity index (χ1) is 10.6.